The number of nitrogens with one attached hydrogen (secondary N) is 4. The highest BCUT2D eigenvalue weighted by Gasteiger charge is 2.42. The van der Waals surface area contributed by atoms with E-state index in [9.17, 15) is 24.0 Å². The number of ketones is 1. The summed E-state index contributed by atoms with van der Waals surface area (Å²) in [5.74, 6) is -2.18. The number of rotatable bonds is 10. The Morgan fingerprint density at radius 1 is 1.23 bits per heavy atom. The zero-order valence-corrected chi connectivity index (χ0v) is 28.2. The van der Waals surface area contributed by atoms with E-state index >= 15 is 0 Å². The molecule has 2 fully saturated rings. The van der Waals surface area contributed by atoms with Crippen molar-refractivity contribution in [3.05, 3.63) is 30.2 Å². The van der Waals surface area contributed by atoms with Gasteiger partial charge < -0.3 is 26.2 Å². The second-order valence-corrected chi connectivity index (χ2v) is 15.3. The van der Waals surface area contributed by atoms with E-state index in [-0.39, 0.29) is 29.8 Å². The van der Waals surface area contributed by atoms with Crippen LogP contribution in [0, 0.1) is 11.3 Å². The van der Waals surface area contributed by atoms with Gasteiger partial charge in [0.2, 0.25) is 17.6 Å². The summed E-state index contributed by atoms with van der Waals surface area (Å²) in [6, 6.07) is 0.880. The smallest absolute Gasteiger partial charge is 0.315 e. The first kappa shape index (κ1) is 35.6. The van der Waals surface area contributed by atoms with Crippen LogP contribution in [-0.4, -0.2) is 89.6 Å². The Hall–Kier alpha value is -2.90. The Morgan fingerprint density at radius 3 is 2.61 bits per heavy atom. The fourth-order valence-corrected chi connectivity index (χ4v) is 7.31. The predicted molar refractivity (Wildman–Crippen MR) is 174 cm³/mol. The molecule has 1 aromatic rings. The SMILES string of the molecule is C=CCNC(=O)C(=O)[C@@H]1CCCCC[C@H](NC(=O)N[C@H](CN(C)Sc2cccs2)C(C)(C)C)C(=O)N2C[C@H](C)C[C@H]2C(=O)N1. The number of hydrogen-bond acceptors (Lipinski definition) is 8. The quantitative estimate of drug-likeness (QED) is 0.173. The van der Waals surface area contributed by atoms with Crippen molar-refractivity contribution in [3.63, 3.8) is 0 Å². The first-order valence-electron chi connectivity index (χ1n) is 15.3. The maximum Gasteiger partial charge on any atom is 0.315 e. The molecule has 0 radical (unpaired) electrons. The van der Waals surface area contributed by atoms with Gasteiger partial charge in [-0.05, 0) is 61.0 Å². The average Bonchev–Trinajstić information content (AvgIpc) is 3.61. The maximum absolute atomic E-state index is 13.9. The van der Waals surface area contributed by atoms with Gasteiger partial charge in [0, 0.05) is 25.7 Å². The van der Waals surface area contributed by atoms with Gasteiger partial charge in [0.25, 0.3) is 5.91 Å². The molecular weight excluding hydrogens is 601 g/mol. The topological polar surface area (TPSA) is 140 Å². The number of likely N-dealkylation sites (N-methyl/N-ethyl adjacent to an activating group) is 1. The first-order valence-corrected chi connectivity index (χ1v) is 17.0. The van der Waals surface area contributed by atoms with Crippen LogP contribution in [0.3, 0.4) is 0 Å². The number of nitrogens with zero attached hydrogens (tertiary/aromatic N) is 2. The molecule has 1 aromatic heterocycles. The molecule has 244 valence electrons. The molecular formula is C31H48N6O5S2. The molecule has 2 aliphatic rings. The second-order valence-electron chi connectivity index (χ2n) is 12.8. The molecule has 13 heteroatoms. The minimum absolute atomic E-state index is 0.0565. The summed E-state index contributed by atoms with van der Waals surface area (Å²) in [7, 11) is 1.99. The molecule has 0 bridgehead atoms. The largest absolute Gasteiger partial charge is 0.346 e. The molecule has 0 aliphatic carbocycles. The Morgan fingerprint density at radius 2 is 1.95 bits per heavy atom. The molecule has 2 saturated heterocycles. The molecule has 5 amide bonds. The van der Waals surface area contributed by atoms with E-state index in [1.165, 1.54) is 11.0 Å². The third kappa shape index (κ3) is 10.3. The average molecular weight is 649 g/mol. The molecule has 44 heavy (non-hydrogen) atoms. The van der Waals surface area contributed by atoms with Crippen LogP contribution in [0.4, 0.5) is 4.79 Å². The van der Waals surface area contributed by atoms with Gasteiger partial charge in [0.05, 0.1) is 10.3 Å². The van der Waals surface area contributed by atoms with E-state index in [4.69, 9.17) is 0 Å². The fraction of sp³-hybridized carbons (Fsp3) is 0.645. The predicted octanol–water partition coefficient (Wildman–Crippen LogP) is 3.33. The van der Waals surface area contributed by atoms with Gasteiger partial charge >= 0.3 is 6.03 Å². The standard InChI is InChI=1S/C31H48N6O5S2/c1-7-15-32-28(40)26(38)21-12-9-8-10-13-22(29(41)37-18-20(2)17-23(37)27(39)33-21)34-30(42)35-24(31(3,4)5)19-36(6)44-25-14-11-16-43-25/h7,11,14,16,20-24H,1,8-10,12-13,15,17-19H2,2-6H3,(H,32,40)(H,33,39)(H2,34,35,42)/t20-,21+,22+,23+,24-/m1/s1. The Labute approximate surface area is 269 Å². The molecule has 0 saturated carbocycles. The van der Waals surface area contributed by atoms with Crippen LogP contribution in [-0.2, 0) is 19.2 Å². The Balaban J connectivity index is 1.71. The highest BCUT2D eigenvalue weighted by atomic mass is 32.2. The summed E-state index contributed by atoms with van der Waals surface area (Å²) < 4.78 is 3.26. The lowest BCUT2D eigenvalue weighted by molar-refractivity contribution is -0.143. The lowest BCUT2D eigenvalue weighted by Crippen LogP contribution is -2.59. The summed E-state index contributed by atoms with van der Waals surface area (Å²) in [4.78, 5) is 67.5. The molecule has 11 nitrogen and oxygen atoms in total. The number of carbonyl (C=O) groups is 5. The molecule has 0 spiro atoms. The molecule has 0 aromatic carbocycles. The second kappa shape index (κ2) is 16.4. The van der Waals surface area contributed by atoms with Crippen LogP contribution in [0.5, 0.6) is 0 Å². The van der Waals surface area contributed by atoms with Crippen molar-refractivity contribution < 1.29 is 24.0 Å². The van der Waals surface area contributed by atoms with Crippen molar-refractivity contribution in [1.29, 1.82) is 0 Å². The summed E-state index contributed by atoms with van der Waals surface area (Å²) in [6.45, 7) is 12.8. The third-order valence-corrected chi connectivity index (χ3v) is 9.93. The lowest BCUT2D eigenvalue weighted by Gasteiger charge is -2.35. The zero-order valence-electron chi connectivity index (χ0n) is 26.5. The van der Waals surface area contributed by atoms with E-state index in [0.29, 0.717) is 51.6 Å². The molecule has 2 aliphatic heterocycles. The molecule has 5 atom stereocenters. The lowest BCUT2D eigenvalue weighted by atomic mass is 9.86. The van der Waals surface area contributed by atoms with Crippen molar-refractivity contribution >= 4 is 52.8 Å². The summed E-state index contributed by atoms with van der Waals surface area (Å²) in [5, 5.41) is 13.3. The first-order chi connectivity index (χ1) is 20.8. The number of carbonyl (C=O) groups excluding carboxylic acids is 5. The van der Waals surface area contributed by atoms with Crippen LogP contribution in [0.1, 0.15) is 66.2 Å². The van der Waals surface area contributed by atoms with E-state index in [2.05, 4.69) is 59.0 Å². The Kier molecular flexibility index (Phi) is 13.3. The van der Waals surface area contributed by atoms with Gasteiger partial charge in [-0.15, -0.1) is 17.9 Å². The van der Waals surface area contributed by atoms with E-state index in [0.717, 1.165) is 4.21 Å². The van der Waals surface area contributed by atoms with Gasteiger partial charge in [0.15, 0.2) is 0 Å². The number of amides is 5. The molecule has 3 rings (SSSR count). The van der Waals surface area contributed by atoms with E-state index in [1.54, 1.807) is 23.3 Å². The monoisotopic (exact) mass is 648 g/mol. The molecule has 0 unspecified atom stereocenters. The minimum Gasteiger partial charge on any atom is -0.346 e. The van der Waals surface area contributed by atoms with Crippen LogP contribution in [0.25, 0.3) is 0 Å². The van der Waals surface area contributed by atoms with Crippen LogP contribution < -0.4 is 21.3 Å². The zero-order chi connectivity index (χ0) is 32.4. The van der Waals surface area contributed by atoms with Crippen molar-refractivity contribution in [2.24, 2.45) is 11.3 Å². The Bertz CT molecular complexity index is 1170. The van der Waals surface area contributed by atoms with E-state index in [1.807, 2.05) is 25.4 Å². The van der Waals surface area contributed by atoms with Gasteiger partial charge in [-0.1, -0.05) is 59.1 Å². The summed E-state index contributed by atoms with van der Waals surface area (Å²) in [6.07, 6.45) is 4.49. The number of thiophene rings is 1. The van der Waals surface area contributed by atoms with Crippen LogP contribution in [0.2, 0.25) is 0 Å². The van der Waals surface area contributed by atoms with Gasteiger partial charge in [-0.2, -0.15) is 0 Å². The van der Waals surface area contributed by atoms with Crippen molar-refractivity contribution in [3.8, 4) is 0 Å². The minimum atomic E-state index is -0.968. The summed E-state index contributed by atoms with van der Waals surface area (Å²) >= 11 is 3.28. The van der Waals surface area contributed by atoms with Gasteiger partial charge in [-0.3, -0.25) is 19.2 Å². The summed E-state index contributed by atoms with van der Waals surface area (Å²) in [5.41, 5.74) is -0.248. The number of hydrogen-bond donors (Lipinski definition) is 4. The highest BCUT2D eigenvalue weighted by molar-refractivity contribution is 7.98. The fourth-order valence-electron chi connectivity index (χ4n) is 5.47. The molecule has 4 N–H and O–H groups in total. The van der Waals surface area contributed by atoms with Crippen molar-refractivity contribution in [2.45, 2.75) is 94.6 Å². The molecule has 3 heterocycles. The normalized spacial score (nSPS) is 23.9. The van der Waals surface area contributed by atoms with Gasteiger partial charge in [0.1, 0.15) is 12.1 Å². The number of urea groups is 1. The van der Waals surface area contributed by atoms with Crippen molar-refractivity contribution in [2.75, 3.05) is 26.7 Å². The highest BCUT2D eigenvalue weighted by Crippen LogP contribution is 2.29. The third-order valence-electron chi connectivity index (χ3n) is 7.98. The van der Waals surface area contributed by atoms with Crippen molar-refractivity contribution in [1.82, 2.24) is 30.5 Å². The maximum atomic E-state index is 13.9. The van der Waals surface area contributed by atoms with Crippen LogP contribution in [0.15, 0.2) is 34.4 Å². The number of fused-ring (bicyclic) bond motifs is 1. The van der Waals surface area contributed by atoms with E-state index < -0.39 is 41.8 Å². The van der Waals surface area contributed by atoms with Crippen LogP contribution >= 0.6 is 23.3 Å². The van der Waals surface area contributed by atoms with Gasteiger partial charge in [-0.25, -0.2) is 9.10 Å². The number of Topliss-reactive ketones (excluding diaryl/α,β-unsaturated/α-hetero) is 1.